The van der Waals surface area contributed by atoms with Crippen LogP contribution < -0.4 is 20.1 Å². The van der Waals surface area contributed by atoms with Crippen molar-refractivity contribution in [3.63, 3.8) is 0 Å². The molecular weight excluding hydrogens is 664 g/mol. The zero-order valence-corrected chi connectivity index (χ0v) is 29.5. The molecule has 0 unspecified atom stereocenters. The van der Waals surface area contributed by atoms with Crippen LogP contribution in [-0.2, 0) is 0 Å². The summed E-state index contributed by atoms with van der Waals surface area (Å²) < 4.78 is 16.6. The van der Waals surface area contributed by atoms with Crippen molar-refractivity contribution in [2.75, 3.05) is 23.8 Å². The molecule has 0 saturated heterocycles. The van der Waals surface area contributed by atoms with Crippen molar-refractivity contribution in [2.24, 2.45) is 0 Å². The number of rotatable bonds is 10. The fourth-order valence-corrected chi connectivity index (χ4v) is 5.40. The van der Waals surface area contributed by atoms with E-state index in [4.69, 9.17) is 61.5 Å². The Morgan fingerprint density at radius 2 is 1.27 bits per heavy atom. The van der Waals surface area contributed by atoms with Crippen LogP contribution in [0.4, 0.5) is 11.4 Å². The van der Waals surface area contributed by atoms with Gasteiger partial charge in [-0.05, 0) is 95.5 Å². The maximum Gasteiger partial charge on any atom is 0.140 e. The molecule has 2 aromatic carbocycles. The zero-order valence-electron chi connectivity index (χ0n) is 25.5. The normalized spacial score (nSPS) is 9.96. The topological polar surface area (TPSA) is 55.7 Å². The Hall–Kier alpha value is -3.14. The van der Waals surface area contributed by atoms with E-state index in [-0.39, 0.29) is 7.43 Å². The van der Waals surface area contributed by atoms with Gasteiger partial charge in [0.25, 0.3) is 0 Å². The third kappa shape index (κ3) is 12.3. The quantitative estimate of drug-likeness (QED) is 0.126. The van der Waals surface area contributed by atoms with E-state index in [0.717, 1.165) is 28.3 Å². The zero-order chi connectivity index (χ0) is 32.2. The first kappa shape index (κ1) is 38.0. The number of hydrogen-bond acceptors (Lipinski definition) is 6. The molecule has 45 heavy (non-hydrogen) atoms. The van der Waals surface area contributed by atoms with Crippen LogP contribution in [0.25, 0.3) is 0 Å². The highest BCUT2D eigenvalue weighted by molar-refractivity contribution is 7.81. The molecule has 0 aliphatic rings. The first-order valence-corrected chi connectivity index (χ1v) is 16.2. The molecule has 10 heteroatoms. The Labute approximate surface area is 292 Å². The number of nitrogens with one attached hydrogen (secondary N) is 2. The van der Waals surface area contributed by atoms with Crippen LogP contribution in [0.3, 0.4) is 0 Å². The largest absolute Gasteiger partial charge is 0.488 e. The van der Waals surface area contributed by atoms with Crippen LogP contribution in [-0.4, -0.2) is 23.2 Å². The number of ether oxygens (including phenoxy) is 2. The molecule has 2 aromatic heterocycles. The van der Waals surface area contributed by atoms with Gasteiger partial charge in [-0.2, -0.15) is 0 Å². The van der Waals surface area contributed by atoms with E-state index in [0.29, 0.717) is 44.7 Å². The van der Waals surface area contributed by atoms with Gasteiger partial charge in [-0.1, -0.05) is 66.2 Å². The molecule has 0 aliphatic carbocycles. The van der Waals surface area contributed by atoms with Crippen LogP contribution in [0.15, 0.2) is 87.9 Å². The number of furan rings is 1. The Morgan fingerprint density at radius 1 is 0.778 bits per heavy atom. The number of hydrogen-bond donors (Lipinski definition) is 2. The van der Waals surface area contributed by atoms with Gasteiger partial charge in [-0.25, -0.2) is 0 Å². The second-order valence-electron chi connectivity index (χ2n) is 10.2. The predicted molar refractivity (Wildman–Crippen MR) is 203 cm³/mol. The lowest BCUT2D eigenvalue weighted by Gasteiger charge is -2.11. The van der Waals surface area contributed by atoms with Gasteiger partial charge in [0, 0.05) is 33.9 Å². The van der Waals surface area contributed by atoms with Crippen LogP contribution in [0.2, 0.25) is 10.0 Å². The molecule has 0 aliphatic heterocycles. The molecule has 0 radical (unpaired) electrons. The molecule has 0 spiro atoms. The number of halogens is 2. The summed E-state index contributed by atoms with van der Waals surface area (Å²) in [5.74, 6) is 2.05. The molecule has 0 amide bonds. The van der Waals surface area contributed by atoms with Gasteiger partial charge in [-0.15, -0.1) is 11.3 Å². The lowest BCUT2D eigenvalue weighted by atomic mass is 10.2. The number of thiophene rings is 1. The number of anilines is 2. The van der Waals surface area contributed by atoms with Crippen LogP contribution >= 0.6 is 59.0 Å². The maximum atomic E-state index is 6.17. The predicted octanol–water partition coefficient (Wildman–Crippen LogP) is 11.9. The monoisotopic (exact) mass is 702 g/mol. The van der Waals surface area contributed by atoms with Crippen LogP contribution in [0.5, 0.6) is 11.5 Å². The van der Waals surface area contributed by atoms with Crippen LogP contribution in [0, 0.1) is 13.8 Å². The minimum Gasteiger partial charge on any atom is -0.488 e. The summed E-state index contributed by atoms with van der Waals surface area (Å²) in [7, 11) is 0. The highest BCUT2D eigenvalue weighted by Crippen LogP contribution is 2.30. The van der Waals surface area contributed by atoms with E-state index < -0.39 is 0 Å². The van der Waals surface area contributed by atoms with Crippen molar-refractivity contribution in [2.45, 2.75) is 49.0 Å². The molecule has 5 nitrogen and oxygen atoms in total. The smallest absolute Gasteiger partial charge is 0.140 e. The molecule has 0 fully saturated rings. The summed E-state index contributed by atoms with van der Waals surface area (Å²) in [5, 5.41) is 9.60. The average Bonchev–Trinajstić information content (AvgIpc) is 3.60. The Morgan fingerprint density at radius 3 is 1.67 bits per heavy atom. The summed E-state index contributed by atoms with van der Waals surface area (Å²) in [4.78, 5) is 2.51. The number of benzene rings is 2. The SMILES string of the molecule is C.CC(C)=CCOc1cc(NC(=S)c2ccoc2C)ccc1Cl.CC(C)=CCOc1cc(NC(=S)c2ccsc2C)ccc1Cl. The van der Waals surface area contributed by atoms with Crippen molar-refractivity contribution in [3.8, 4) is 11.5 Å². The van der Waals surface area contributed by atoms with Gasteiger partial charge >= 0.3 is 0 Å². The van der Waals surface area contributed by atoms with Gasteiger partial charge in [0.2, 0.25) is 0 Å². The van der Waals surface area contributed by atoms with Gasteiger partial charge in [0.05, 0.1) is 21.9 Å². The lowest BCUT2D eigenvalue weighted by Crippen LogP contribution is -2.10. The third-order valence-corrected chi connectivity index (χ3v) is 8.16. The molecule has 0 atom stereocenters. The molecule has 4 rings (SSSR count). The van der Waals surface area contributed by atoms with E-state index in [1.54, 1.807) is 23.7 Å². The standard InChI is InChI=1S/C17H18ClNO2S.C17H18ClNOS2.CH4/c1-11(2)6-8-21-16-10-13(4-5-15(16)18)19-17(22)14-7-9-20-12(14)3;1-11(2)6-8-20-16-10-13(4-5-15(16)18)19-17(21)14-7-9-22-12(14)3;/h4-7,9-10H,8H2,1-3H3,(H,19,22);4-7,9-10H,8H2,1-3H3,(H,19,21);1H4. The molecule has 4 aromatic rings. The Balaban J connectivity index is 0.000000307. The van der Waals surface area contributed by atoms with Gasteiger partial charge < -0.3 is 24.5 Å². The molecule has 2 N–H and O–H groups in total. The van der Waals surface area contributed by atoms with Crippen molar-refractivity contribution in [3.05, 3.63) is 115 Å². The van der Waals surface area contributed by atoms with E-state index in [1.807, 2.05) is 94.6 Å². The van der Waals surface area contributed by atoms with E-state index in [9.17, 15) is 0 Å². The molecule has 0 bridgehead atoms. The molecule has 0 saturated carbocycles. The first-order valence-electron chi connectivity index (χ1n) is 13.8. The van der Waals surface area contributed by atoms with Gasteiger partial charge in [0.15, 0.2) is 0 Å². The van der Waals surface area contributed by atoms with Crippen LogP contribution in [0.1, 0.15) is 56.9 Å². The van der Waals surface area contributed by atoms with E-state index in [2.05, 4.69) is 17.6 Å². The fourth-order valence-electron chi connectivity index (χ4n) is 3.62. The van der Waals surface area contributed by atoms with Crippen molar-refractivity contribution in [1.29, 1.82) is 0 Å². The summed E-state index contributed by atoms with van der Waals surface area (Å²) in [6.07, 6.45) is 5.63. The van der Waals surface area contributed by atoms with Gasteiger partial charge in [0.1, 0.15) is 40.5 Å². The summed E-state index contributed by atoms with van der Waals surface area (Å²) in [5.41, 5.74) is 6.02. The average molecular weight is 704 g/mol. The second kappa shape index (κ2) is 18.7. The maximum absolute atomic E-state index is 6.17. The number of allylic oxidation sites excluding steroid dienone is 2. The lowest BCUT2D eigenvalue weighted by molar-refractivity contribution is 0.362. The molecular formula is C35H40Cl2N2O3S3. The minimum absolute atomic E-state index is 0. The molecule has 2 heterocycles. The van der Waals surface area contributed by atoms with Crippen molar-refractivity contribution >= 4 is 80.3 Å². The molecule has 240 valence electrons. The highest BCUT2D eigenvalue weighted by Gasteiger charge is 2.10. The Kier molecular flexibility index (Phi) is 15.8. The number of aryl methyl sites for hydroxylation is 2. The Bertz CT molecular complexity index is 1530. The van der Waals surface area contributed by atoms with Crippen molar-refractivity contribution < 1.29 is 13.9 Å². The third-order valence-electron chi connectivity index (χ3n) is 6.05. The van der Waals surface area contributed by atoms with E-state index >= 15 is 0 Å². The minimum atomic E-state index is 0. The second-order valence-corrected chi connectivity index (χ2v) is 12.9. The number of thiocarbonyl (C=S) groups is 2. The summed E-state index contributed by atoms with van der Waals surface area (Å²) in [6.45, 7) is 13.0. The fraction of sp³-hybridized carbons (Fsp3) is 0.257. The summed E-state index contributed by atoms with van der Waals surface area (Å²) >= 11 is 24.8. The van der Waals surface area contributed by atoms with E-state index in [1.165, 1.54) is 16.0 Å². The van der Waals surface area contributed by atoms with Crippen molar-refractivity contribution in [1.82, 2.24) is 0 Å². The van der Waals surface area contributed by atoms with Gasteiger partial charge in [-0.3, -0.25) is 0 Å². The summed E-state index contributed by atoms with van der Waals surface area (Å²) in [6, 6.07) is 14.9. The first-order chi connectivity index (χ1) is 20.9. The highest BCUT2D eigenvalue weighted by atomic mass is 35.5.